The molecule has 0 heterocycles. The number of benzene rings is 1. The van der Waals surface area contributed by atoms with Crippen molar-refractivity contribution in [3.8, 4) is 5.75 Å². The molecule has 2 amide bonds. The van der Waals surface area contributed by atoms with Crippen LogP contribution in [-0.4, -0.2) is 19.3 Å². The van der Waals surface area contributed by atoms with Crippen molar-refractivity contribution in [3.63, 3.8) is 0 Å². The van der Waals surface area contributed by atoms with Gasteiger partial charge in [-0.1, -0.05) is 12.1 Å². The average molecular weight is 193 g/mol. The maximum absolute atomic E-state index is 10.9. The van der Waals surface area contributed by atoms with E-state index in [1.807, 2.05) is 6.92 Å². The minimum Gasteiger partial charge on any atom is -0.473 e. The summed E-state index contributed by atoms with van der Waals surface area (Å²) in [6, 6.07) is 9.70. The Bertz CT molecular complexity index is 275. The molecule has 0 bridgehead atoms. The van der Waals surface area contributed by atoms with Crippen molar-refractivity contribution in [3.05, 3.63) is 30.3 Å². The van der Waals surface area contributed by atoms with E-state index in [1.165, 1.54) is 0 Å². The van der Waals surface area contributed by atoms with Gasteiger partial charge in [-0.2, -0.15) is 0 Å². The lowest BCUT2D eigenvalue weighted by Gasteiger charge is -2.07. The molecule has 1 aromatic rings. The number of rotatable bonds is 4. The summed E-state index contributed by atoms with van der Waals surface area (Å²) in [4.78, 5) is 10.9. The van der Waals surface area contributed by atoms with Gasteiger partial charge in [0.15, 0.2) is 6.73 Å². The summed E-state index contributed by atoms with van der Waals surface area (Å²) in [6.07, 6.45) is 0. The van der Waals surface area contributed by atoms with E-state index < -0.39 is 0 Å². The molecule has 14 heavy (non-hydrogen) atoms. The topological polar surface area (TPSA) is 50.4 Å². The van der Waals surface area contributed by atoms with Gasteiger partial charge in [-0.05, 0) is 25.1 Å². The molecule has 0 atom stereocenters. The van der Waals surface area contributed by atoms with Gasteiger partial charge in [-0.15, -0.1) is 0 Å². The fourth-order valence-electron chi connectivity index (χ4n) is 0.876. The molecular formula is C10H13N2O2. The fraction of sp³-hybridized carbons (Fsp3) is 0.300. The van der Waals surface area contributed by atoms with E-state index in [1.54, 1.807) is 24.3 Å². The number of carbonyl (C=O) groups excluding carboxylic acids is 1. The summed E-state index contributed by atoms with van der Waals surface area (Å²) in [7, 11) is 0. The smallest absolute Gasteiger partial charge is 0.317 e. The second-order valence-corrected chi connectivity index (χ2v) is 2.56. The van der Waals surface area contributed by atoms with Gasteiger partial charge in [0.25, 0.3) is 0 Å². The van der Waals surface area contributed by atoms with Crippen LogP contribution in [0.2, 0.25) is 0 Å². The number of hydrogen-bond acceptors (Lipinski definition) is 2. The quantitative estimate of drug-likeness (QED) is 0.704. The molecular weight excluding hydrogens is 180 g/mol. The molecule has 0 spiro atoms. The molecule has 75 valence electrons. The molecule has 1 radical (unpaired) electrons. The largest absolute Gasteiger partial charge is 0.473 e. The van der Waals surface area contributed by atoms with Gasteiger partial charge in [-0.25, -0.2) is 4.79 Å². The van der Waals surface area contributed by atoms with E-state index in [0.717, 1.165) is 0 Å². The Morgan fingerprint density at radius 1 is 1.43 bits per heavy atom. The van der Waals surface area contributed by atoms with Crippen LogP contribution in [0.15, 0.2) is 24.3 Å². The number of urea groups is 1. The molecule has 0 aliphatic carbocycles. The van der Waals surface area contributed by atoms with Gasteiger partial charge < -0.3 is 15.4 Å². The summed E-state index contributed by atoms with van der Waals surface area (Å²) in [5.74, 6) is 0.709. The molecule has 1 aromatic carbocycles. The standard InChI is InChI=1S/C10H13N2O2/c1-2-11-10(13)12-8-14-9-6-4-3-5-7-9/h4-7H,2,8H2,1H3,(H2,11,12,13). The highest BCUT2D eigenvalue weighted by molar-refractivity contribution is 5.73. The van der Waals surface area contributed by atoms with Crippen molar-refractivity contribution in [2.24, 2.45) is 0 Å². The summed E-state index contributed by atoms with van der Waals surface area (Å²) in [5, 5.41) is 5.15. The van der Waals surface area contributed by atoms with Crippen molar-refractivity contribution in [1.29, 1.82) is 0 Å². The Morgan fingerprint density at radius 2 is 2.14 bits per heavy atom. The third-order valence-corrected chi connectivity index (χ3v) is 1.50. The molecule has 0 aliphatic heterocycles. The number of nitrogens with one attached hydrogen (secondary N) is 2. The molecule has 0 saturated heterocycles. The van der Waals surface area contributed by atoms with Crippen LogP contribution in [0.4, 0.5) is 4.79 Å². The first kappa shape index (κ1) is 10.4. The molecule has 0 unspecified atom stereocenters. The van der Waals surface area contributed by atoms with Gasteiger partial charge in [0.05, 0.1) is 0 Å². The third-order valence-electron chi connectivity index (χ3n) is 1.50. The van der Waals surface area contributed by atoms with Crippen molar-refractivity contribution in [2.45, 2.75) is 6.92 Å². The SMILES string of the molecule is CCNC(=O)NCOc1cc[c]cc1. The average Bonchev–Trinajstić information content (AvgIpc) is 2.20. The molecule has 4 heteroatoms. The monoisotopic (exact) mass is 193 g/mol. The normalized spacial score (nSPS) is 9.21. The molecule has 1 rings (SSSR count). The van der Waals surface area contributed by atoms with Crippen LogP contribution >= 0.6 is 0 Å². The highest BCUT2D eigenvalue weighted by atomic mass is 16.5. The van der Waals surface area contributed by atoms with Crippen LogP contribution in [0.3, 0.4) is 0 Å². The Kier molecular flexibility index (Phi) is 4.34. The Balaban J connectivity index is 2.19. The van der Waals surface area contributed by atoms with Gasteiger partial charge in [0, 0.05) is 6.54 Å². The van der Waals surface area contributed by atoms with Crippen molar-refractivity contribution >= 4 is 6.03 Å². The lowest BCUT2D eigenvalue weighted by molar-refractivity contribution is 0.224. The molecule has 2 N–H and O–H groups in total. The number of carbonyl (C=O) groups is 1. The lowest BCUT2D eigenvalue weighted by atomic mass is 10.3. The minimum atomic E-state index is -0.227. The van der Waals surface area contributed by atoms with Gasteiger partial charge in [0.2, 0.25) is 0 Å². The van der Waals surface area contributed by atoms with E-state index in [2.05, 4.69) is 16.7 Å². The molecule has 0 fully saturated rings. The molecule has 0 aliphatic rings. The predicted octanol–water partition coefficient (Wildman–Crippen LogP) is 1.14. The Morgan fingerprint density at radius 3 is 2.79 bits per heavy atom. The minimum absolute atomic E-state index is 0.163. The van der Waals surface area contributed by atoms with Crippen molar-refractivity contribution < 1.29 is 9.53 Å². The second kappa shape index (κ2) is 5.85. The number of ether oxygens (including phenoxy) is 1. The maximum Gasteiger partial charge on any atom is 0.317 e. The molecule has 4 nitrogen and oxygen atoms in total. The zero-order chi connectivity index (χ0) is 10.2. The van der Waals surface area contributed by atoms with Crippen molar-refractivity contribution in [2.75, 3.05) is 13.3 Å². The van der Waals surface area contributed by atoms with Crippen LogP contribution in [-0.2, 0) is 0 Å². The van der Waals surface area contributed by atoms with E-state index >= 15 is 0 Å². The van der Waals surface area contributed by atoms with E-state index in [0.29, 0.717) is 12.3 Å². The van der Waals surface area contributed by atoms with E-state index in [9.17, 15) is 4.79 Å². The van der Waals surface area contributed by atoms with Crippen LogP contribution in [0.25, 0.3) is 0 Å². The highest BCUT2D eigenvalue weighted by Crippen LogP contribution is 2.06. The van der Waals surface area contributed by atoms with Crippen molar-refractivity contribution in [1.82, 2.24) is 10.6 Å². The van der Waals surface area contributed by atoms with Crippen LogP contribution in [0.1, 0.15) is 6.92 Å². The number of amides is 2. The highest BCUT2D eigenvalue weighted by Gasteiger charge is 1.96. The Labute approximate surface area is 83.3 Å². The third kappa shape index (κ3) is 3.80. The molecule has 0 saturated carbocycles. The number of hydrogen-bond donors (Lipinski definition) is 2. The maximum atomic E-state index is 10.9. The zero-order valence-corrected chi connectivity index (χ0v) is 8.04. The molecule has 0 aromatic heterocycles. The summed E-state index contributed by atoms with van der Waals surface area (Å²) in [5.41, 5.74) is 0. The zero-order valence-electron chi connectivity index (χ0n) is 8.04. The van der Waals surface area contributed by atoms with Gasteiger partial charge >= 0.3 is 6.03 Å². The summed E-state index contributed by atoms with van der Waals surface area (Å²) in [6.45, 7) is 2.62. The first-order valence-electron chi connectivity index (χ1n) is 4.43. The van der Waals surface area contributed by atoms with Gasteiger partial charge in [-0.3, -0.25) is 0 Å². The lowest BCUT2D eigenvalue weighted by Crippen LogP contribution is -2.37. The van der Waals surface area contributed by atoms with E-state index in [-0.39, 0.29) is 12.8 Å². The summed E-state index contributed by atoms with van der Waals surface area (Å²) >= 11 is 0. The fourth-order valence-corrected chi connectivity index (χ4v) is 0.876. The second-order valence-electron chi connectivity index (χ2n) is 2.56. The van der Waals surface area contributed by atoms with E-state index in [4.69, 9.17) is 4.74 Å². The van der Waals surface area contributed by atoms with Crippen LogP contribution < -0.4 is 15.4 Å². The first-order valence-corrected chi connectivity index (χ1v) is 4.43. The predicted molar refractivity (Wildman–Crippen MR) is 53.0 cm³/mol. The van der Waals surface area contributed by atoms with Crippen LogP contribution in [0.5, 0.6) is 5.75 Å². The Hall–Kier alpha value is -1.71. The summed E-state index contributed by atoms with van der Waals surface area (Å²) < 4.78 is 5.23. The van der Waals surface area contributed by atoms with Gasteiger partial charge in [0.1, 0.15) is 5.75 Å². The first-order chi connectivity index (χ1) is 6.83. The van der Waals surface area contributed by atoms with Crippen LogP contribution in [0, 0.1) is 6.07 Å².